The zero-order valence-corrected chi connectivity index (χ0v) is 12.2. The standard InChI is InChI=1S/C12H15Cl2NO2S/c13-10-2-1-9(12(14)7-10)8-15-11-3-5-18(16,17)6-4-11/h1-2,7,11,15H,3-6,8H2. The van der Waals surface area contributed by atoms with Gasteiger partial charge in [0, 0.05) is 22.6 Å². The Bertz CT molecular complexity index is 517. The summed E-state index contributed by atoms with van der Waals surface area (Å²) in [5.41, 5.74) is 0.981. The van der Waals surface area contributed by atoms with Gasteiger partial charge in [0.15, 0.2) is 0 Å². The zero-order chi connectivity index (χ0) is 13.2. The number of rotatable bonds is 3. The number of benzene rings is 1. The van der Waals surface area contributed by atoms with Crippen LogP contribution >= 0.6 is 23.2 Å². The van der Waals surface area contributed by atoms with Gasteiger partial charge in [-0.25, -0.2) is 8.42 Å². The van der Waals surface area contributed by atoms with Crippen molar-refractivity contribution >= 4 is 33.0 Å². The third-order valence-corrected chi connectivity index (χ3v) is 5.45. The van der Waals surface area contributed by atoms with E-state index >= 15 is 0 Å². The Morgan fingerprint density at radius 3 is 2.50 bits per heavy atom. The minimum absolute atomic E-state index is 0.250. The average molecular weight is 308 g/mol. The lowest BCUT2D eigenvalue weighted by Gasteiger charge is -2.23. The third-order valence-electron chi connectivity index (χ3n) is 3.15. The fourth-order valence-corrected chi connectivity index (χ4v) is 3.98. The molecule has 0 saturated carbocycles. The van der Waals surface area contributed by atoms with Gasteiger partial charge in [-0.3, -0.25) is 0 Å². The topological polar surface area (TPSA) is 46.2 Å². The van der Waals surface area contributed by atoms with Gasteiger partial charge in [0.05, 0.1) is 11.5 Å². The van der Waals surface area contributed by atoms with E-state index in [1.54, 1.807) is 12.1 Å². The first-order valence-corrected chi connectivity index (χ1v) is 8.42. The smallest absolute Gasteiger partial charge is 0.150 e. The van der Waals surface area contributed by atoms with Gasteiger partial charge in [0.2, 0.25) is 0 Å². The molecule has 0 spiro atoms. The molecule has 1 heterocycles. The van der Waals surface area contributed by atoms with Crippen LogP contribution in [0.3, 0.4) is 0 Å². The summed E-state index contributed by atoms with van der Waals surface area (Å²) in [5, 5.41) is 4.60. The van der Waals surface area contributed by atoms with Gasteiger partial charge < -0.3 is 5.32 Å². The van der Waals surface area contributed by atoms with Crippen LogP contribution in [0.2, 0.25) is 10.0 Å². The first kappa shape index (κ1) is 14.1. The Labute approximate surface area is 117 Å². The van der Waals surface area contributed by atoms with Gasteiger partial charge in [-0.15, -0.1) is 0 Å². The van der Waals surface area contributed by atoms with Gasteiger partial charge in [0.25, 0.3) is 0 Å². The normalized spacial score (nSPS) is 19.9. The molecule has 0 unspecified atom stereocenters. The van der Waals surface area contributed by atoms with Crippen LogP contribution in [0.25, 0.3) is 0 Å². The SMILES string of the molecule is O=S1(=O)CCC(NCc2ccc(Cl)cc2Cl)CC1. The predicted molar refractivity (Wildman–Crippen MR) is 75.0 cm³/mol. The van der Waals surface area contributed by atoms with Gasteiger partial charge >= 0.3 is 0 Å². The molecule has 0 radical (unpaired) electrons. The third kappa shape index (κ3) is 3.85. The Morgan fingerprint density at radius 2 is 1.89 bits per heavy atom. The van der Waals surface area contributed by atoms with E-state index in [0.717, 1.165) is 5.56 Å². The van der Waals surface area contributed by atoms with Crippen LogP contribution in [0.15, 0.2) is 18.2 Å². The number of hydrogen-bond donors (Lipinski definition) is 1. The quantitative estimate of drug-likeness (QED) is 0.934. The number of halogens is 2. The second-order valence-electron chi connectivity index (χ2n) is 4.54. The molecule has 1 aromatic rings. The van der Waals surface area contributed by atoms with E-state index in [4.69, 9.17) is 23.2 Å². The molecular weight excluding hydrogens is 293 g/mol. The minimum atomic E-state index is -2.80. The van der Waals surface area contributed by atoms with E-state index in [9.17, 15) is 8.42 Å². The van der Waals surface area contributed by atoms with Gasteiger partial charge in [-0.05, 0) is 30.5 Å². The van der Waals surface area contributed by atoms with Crippen molar-refractivity contribution in [3.05, 3.63) is 33.8 Å². The van der Waals surface area contributed by atoms with Crippen molar-refractivity contribution < 1.29 is 8.42 Å². The van der Waals surface area contributed by atoms with Crippen molar-refractivity contribution in [3.8, 4) is 0 Å². The summed E-state index contributed by atoms with van der Waals surface area (Å²) < 4.78 is 22.6. The van der Waals surface area contributed by atoms with Crippen LogP contribution in [0.5, 0.6) is 0 Å². The molecule has 0 bridgehead atoms. The highest BCUT2D eigenvalue weighted by atomic mass is 35.5. The average Bonchev–Trinajstić information content (AvgIpc) is 2.29. The molecule has 1 aliphatic heterocycles. The first-order chi connectivity index (χ1) is 8.46. The first-order valence-electron chi connectivity index (χ1n) is 5.84. The van der Waals surface area contributed by atoms with Crippen molar-refractivity contribution in [2.24, 2.45) is 0 Å². The summed E-state index contributed by atoms with van der Waals surface area (Å²) >= 11 is 11.9. The van der Waals surface area contributed by atoms with Crippen molar-refractivity contribution in [2.45, 2.75) is 25.4 Å². The molecule has 100 valence electrons. The predicted octanol–water partition coefficient (Wildman–Crippen LogP) is 2.66. The zero-order valence-electron chi connectivity index (χ0n) is 9.83. The van der Waals surface area contributed by atoms with Crippen LogP contribution in [0.4, 0.5) is 0 Å². The number of nitrogens with one attached hydrogen (secondary N) is 1. The molecule has 1 fully saturated rings. The molecule has 1 saturated heterocycles. The van der Waals surface area contributed by atoms with Gasteiger partial charge in [0.1, 0.15) is 9.84 Å². The molecule has 1 N–H and O–H groups in total. The summed E-state index contributed by atoms with van der Waals surface area (Å²) in [7, 11) is -2.80. The molecule has 1 aliphatic rings. The molecule has 0 aliphatic carbocycles. The lowest BCUT2D eigenvalue weighted by atomic mass is 10.1. The van der Waals surface area contributed by atoms with E-state index in [-0.39, 0.29) is 17.5 Å². The minimum Gasteiger partial charge on any atom is -0.310 e. The molecule has 0 atom stereocenters. The molecular formula is C12H15Cl2NO2S. The summed E-state index contributed by atoms with van der Waals surface area (Å²) in [6.45, 7) is 0.640. The van der Waals surface area contributed by atoms with E-state index in [1.807, 2.05) is 6.07 Å². The van der Waals surface area contributed by atoms with Crippen molar-refractivity contribution in [3.63, 3.8) is 0 Å². The summed E-state index contributed by atoms with van der Waals surface area (Å²) in [6, 6.07) is 5.65. The van der Waals surface area contributed by atoms with Crippen molar-refractivity contribution in [1.29, 1.82) is 0 Å². The molecule has 2 rings (SSSR count). The largest absolute Gasteiger partial charge is 0.310 e. The fourth-order valence-electron chi connectivity index (χ4n) is 2.01. The lowest BCUT2D eigenvalue weighted by molar-refractivity contribution is 0.463. The summed E-state index contributed by atoms with van der Waals surface area (Å²) in [5.74, 6) is 0.554. The van der Waals surface area contributed by atoms with Crippen LogP contribution in [0.1, 0.15) is 18.4 Å². The highest BCUT2D eigenvalue weighted by molar-refractivity contribution is 7.91. The molecule has 1 aromatic carbocycles. The lowest BCUT2D eigenvalue weighted by Crippen LogP contribution is -2.37. The van der Waals surface area contributed by atoms with E-state index in [1.165, 1.54) is 0 Å². The molecule has 0 amide bonds. The highest BCUT2D eigenvalue weighted by Gasteiger charge is 2.23. The van der Waals surface area contributed by atoms with Crippen LogP contribution in [-0.2, 0) is 16.4 Å². The second kappa shape index (κ2) is 5.78. The van der Waals surface area contributed by atoms with E-state index in [0.29, 0.717) is 29.4 Å². The number of hydrogen-bond acceptors (Lipinski definition) is 3. The molecule has 18 heavy (non-hydrogen) atoms. The van der Waals surface area contributed by atoms with Crippen LogP contribution in [-0.4, -0.2) is 26.0 Å². The van der Waals surface area contributed by atoms with Crippen LogP contribution < -0.4 is 5.32 Å². The van der Waals surface area contributed by atoms with Gasteiger partial charge in [-0.2, -0.15) is 0 Å². The Hall–Kier alpha value is -0.290. The summed E-state index contributed by atoms with van der Waals surface area (Å²) in [6.07, 6.45) is 1.35. The van der Waals surface area contributed by atoms with Crippen molar-refractivity contribution in [1.82, 2.24) is 5.32 Å². The van der Waals surface area contributed by atoms with Crippen molar-refractivity contribution in [2.75, 3.05) is 11.5 Å². The Kier molecular flexibility index (Phi) is 4.54. The fraction of sp³-hybridized carbons (Fsp3) is 0.500. The maximum absolute atomic E-state index is 11.3. The maximum atomic E-state index is 11.3. The Balaban J connectivity index is 1.89. The van der Waals surface area contributed by atoms with E-state index < -0.39 is 9.84 Å². The molecule has 6 heteroatoms. The van der Waals surface area contributed by atoms with Crippen LogP contribution in [0, 0.1) is 0 Å². The number of sulfone groups is 1. The monoisotopic (exact) mass is 307 g/mol. The van der Waals surface area contributed by atoms with Gasteiger partial charge in [-0.1, -0.05) is 29.3 Å². The highest BCUT2D eigenvalue weighted by Crippen LogP contribution is 2.21. The maximum Gasteiger partial charge on any atom is 0.150 e. The van der Waals surface area contributed by atoms with E-state index in [2.05, 4.69) is 5.32 Å². The molecule has 0 aromatic heterocycles. The summed E-state index contributed by atoms with van der Waals surface area (Å²) in [4.78, 5) is 0. The Morgan fingerprint density at radius 1 is 1.22 bits per heavy atom. The second-order valence-corrected chi connectivity index (χ2v) is 7.69. The molecule has 3 nitrogen and oxygen atoms in total.